The molecular formula is C12H24O3S. The van der Waals surface area contributed by atoms with Gasteiger partial charge in [0.15, 0.2) is 0 Å². The molecule has 0 heterocycles. The summed E-state index contributed by atoms with van der Waals surface area (Å²) in [5.41, 5.74) is -0.675. The Kier molecular flexibility index (Phi) is 4.80. The maximum absolute atomic E-state index is 11.0. The van der Waals surface area contributed by atoms with Gasteiger partial charge in [0, 0.05) is 12.0 Å². The largest absolute Gasteiger partial charge is 0.390 e. The first-order valence-electron chi connectivity index (χ1n) is 6.21. The van der Waals surface area contributed by atoms with Crippen molar-refractivity contribution in [2.45, 2.75) is 57.5 Å². The Morgan fingerprint density at radius 3 is 2.31 bits per heavy atom. The molecule has 1 unspecified atom stereocenters. The Morgan fingerprint density at radius 2 is 1.81 bits per heavy atom. The molecule has 1 N–H and O–H groups in total. The zero-order chi connectivity index (χ0) is 12.2. The summed E-state index contributed by atoms with van der Waals surface area (Å²) in [5.74, 6) is 0.552. The summed E-state index contributed by atoms with van der Waals surface area (Å²) in [6.07, 6.45) is 8.28. The first-order valence-corrected chi connectivity index (χ1v) is 8.27. The van der Waals surface area contributed by atoms with Crippen LogP contribution in [0.5, 0.6) is 0 Å². The van der Waals surface area contributed by atoms with Gasteiger partial charge < -0.3 is 5.11 Å². The molecule has 1 rings (SSSR count). The molecule has 4 heteroatoms. The van der Waals surface area contributed by atoms with E-state index < -0.39 is 15.4 Å². The zero-order valence-corrected chi connectivity index (χ0v) is 11.2. The first kappa shape index (κ1) is 14.0. The molecule has 96 valence electrons. The van der Waals surface area contributed by atoms with E-state index in [9.17, 15) is 13.5 Å². The van der Waals surface area contributed by atoms with Crippen LogP contribution in [0.3, 0.4) is 0 Å². The van der Waals surface area contributed by atoms with Crippen LogP contribution in [-0.4, -0.2) is 31.1 Å². The number of sulfone groups is 1. The summed E-state index contributed by atoms with van der Waals surface area (Å²) >= 11 is 0. The van der Waals surface area contributed by atoms with Gasteiger partial charge >= 0.3 is 0 Å². The van der Waals surface area contributed by atoms with Crippen molar-refractivity contribution in [3.63, 3.8) is 0 Å². The lowest BCUT2D eigenvalue weighted by molar-refractivity contribution is -0.0238. The highest BCUT2D eigenvalue weighted by Crippen LogP contribution is 2.35. The Labute approximate surface area is 99.2 Å². The molecule has 0 spiro atoms. The van der Waals surface area contributed by atoms with Gasteiger partial charge in [0.2, 0.25) is 0 Å². The minimum atomic E-state index is -2.89. The number of hydrogen-bond acceptors (Lipinski definition) is 3. The molecule has 0 aromatic heterocycles. The molecule has 3 nitrogen and oxygen atoms in total. The lowest BCUT2D eigenvalue weighted by Gasteiger charge is -2.35. The second-order valence-electron chi connectivity index (χ2n) is 5.43. The van der Waals surface area contributed by atoms with Gasteiger partial charge in [-0.25, -0.2) is 8.42 Å². The highest BCUT2D eigenvalue weighted by atomic mass is 32.2. The van der Waals surface area contributed by atoms with Crippen molar-refractivity contribution in [1.29, 1.82) is 0 Å². The minimum absolute atomic E-state index is 0.190. The fourth-order valence-corrected chi connectivity index (χ4v) is 3.29. The van der Waals surface area contributed by atoms with Crippen LogP contribution in [0, 0.1) is 5.92 Å². The summed E-state index contributed by atoms with van der Waals surface area (Å²) < 4.78 is 22.0. The molecule has 1 saturated carbocycles. The first-order chi connectivity index (χ1) is 7.31. The van der Waals surface area contributed by atoms with Gasteiger partial charge in [0.25, 0.3) is 0 Å². The van der Waals surface area contributed by atoms with Crippen LogP contribution < -0.4 is 0 Å². The van der Waals surface area contributed by atoms with Crippen molar-refractivity contribution in [3.05, 3.63) is 0 Å². The van der Waals surface area contributed by atoms with Crippen LogP contribution in [-0.2, 0) is 9.84 Å². The number of rotatable bonds is 5. The standard InChI is InChI=1S/C12H24O3S/c1-12(13,9-6-10-16(2,14)15)11-7-4-3-5-8-11/h11,13H,3-10H2,1-2H3. The predicted molar refractivity (Wildman–Crippen MR) is 66.1 cm³/mol. The van der Waals surface area contributed by atoms with Gasteiger partial charge in [0.05, 0.1) is 5.60 Å². The summed E-state index contributed by atoms with van der Waals surface area (Å²) in [4.78, 5) is 0. The van der Waals surface area contributed by atoms with Crippen LogP contribution in [0.4, 0.5) is 0 Å². The van der Waals surface area contributed by atoms with Crippen LogP contribution in [0.25, 0.3) is 0 Å². The monoisotopic (exact) mass is 248 g/mol. The van der Waals surface area contributed by atoms with Crippen molar-refractivity contribution in [2.75, 3.05) is 12.0 Å². The third-order valence-electron chi connectivity index (χ3n) is 3.68. The molecular weight excluding hydrogens is 224 g/mol. The number of hydrogen-bond donors (Lipinski definition) is 1. The quantitative estimate of drug-likeness (QED) is 0.811. The Hall–Kier alpha value is -0.0900. The van der Waals surface area contributed by atoms with E-state index in [0.717, 1.165) is 12.8 Å². The van der Waals surface area contributed by atoms with E-state index >= 15 is 0 Å². The zero-order valence-electron chi connectivity index (χ0n) is 10.4. The van der Waals surface area contributed by atoms with Crippen molar-refractivity contribution < 1.29 is 13.5 Å². The summed E-state index contributed by atoms with van der Waals surface area (Å²) in [5, 5.41) is 10.3. The Bertz CT molecular complexity index is 300. The van der Waals surface area contributed by atoms with Crippen molar-refractivity contribution >= 4 is 9.84 Å². The van der Waals surface area contributed by atoms with E-state index in [2.05, 4.69) is 0 Å². The smallest absolute Gasteiger partial charge is 0.147 e. The molecule has 0 aromatic rings. The second-order valence-corrected chi connectivity index (χ2v) is 7.69. The normalized spacial score (nSPS) is 22.9. The van der Waals surface area contributed by atoms with E-state index in [0.29, 0.717) is 18.8 Å². The highest BCUT2D eigenvalue weighted by Gasteiger charge is 2.32. The van der Waals surface area contributed by atoms with E-state index in [-0.39, 0.29) is 5.75 Å². The Morgan fingerprint density at radius 1 is 1.25 bits per heavy atom. The molecule has 0 aliphatic heterocycles. The molecule has 0 amide bonds. The van der Waals surface area contributed by atoms with Gasteiger partial charge in [-0.2, -0.15) is 0 Å². The van der Waals surface area contributed by atoms with Gasteiger partial charge in [-0.3, -0.25) is 0 Å². The highest BCUT2D eigenvalue weighted by molar-refractivity contribution is 7.90. The van der Waals surface area contributed by atoms with E-state index in [1.54, 1.807) is 0 Å². The lowest BCUT2D eigenvalue weighted by atomic mass is 9.76. The van der Waals surface area contributed by atoms with Crippen LogP contribution >= 0.6 is 0 Å². The average molecular weight is 248 g/mol. The van der Waals surface area contributed by atoms with Gasteiger partial charge in [-0.15, -0.1) is 0 Å². The van der Waals surface area contributed by atoms with Crippen molar-refractivity contribution in [3.8, 4) is 0 Å². The number of aliphatic hydroxyl groups is 1. The fourth-order valence-electron chi connectivity index (χ4n) is 2.62. The summed E-state index contributed by atoms with van der Waals surface area (Å²) in [6, 6.07) is 0. The van der Waals surface area contributed by atoms with E-state index in [1.165, 1.54) is 25.5 Å². The predicted octanol–water partition coefficient (Wildman–Crippen LogP) is 2.14. The minimum Gasteiger partial charge on any atom is -0.390 e. The van der Waals surface area contributed by atoms with Crippen molar-refractivity contribution in [1.82, 2.24) is 0 Å². The van der Waals surface area contributed by atoms with Gasteiger partial charge in [-0.1, -0.05) is 19.3 Å². The third-order valence-corrected chi connectivity index (χ3v) is 4.71. The molecule has 0 radical (unpaired) electrons. The van der Waals surface area contributed by atoms with E-state index in [4.69, 9.17) is 0 Å². The fraction of sp³-hybridized carbons (Fsp3) is 1.00. The topological polar surface area (TPSA) is 54.4 Å². The molecule has 1 atom stereocenters. The summed E-state index contributed by atoms with van der Waals surface area (Å²) in [6.45, 7) is 1.87. The molecule has 0 bridgehead atoms. The van der Waals surface area contributed by atoms with E-state index in [1.807, 2.05) is 6.92 Å². The Balaban J connectivity index is 2.38. The third kappa shape index (κ3) is 4.83. The molecule has 0 saturated heterocycles. The van der Waals surface area contributed by atoms with Crippen LogP contribution in [0.15, 0.2) is 0 Å². The van der Waals surface area contributed by atoms with Gasteiger partial charge in [-0.05, 0) is 38.5 Å². The molecule has 1 aliphatic rings. The molecule has 1 aliphatic carbocycles. The lowest BCUT2D eigenvalue weighted by Crippen LogP contribution is -2.36. The van der Waals surface area contributed by atoms with Crippen LogP contribution in [0.2, 0.25) is 0 Å². The maximum atomic E-state index is 11.0. The van der Waals surface area contributed by atoms with Crippen LogP contribution in [0.1, 0.15) is 51.9 Å². The van der Waals surface area contributed by atoms with Crippen molar-refractivity contribution in [2.24, 2.45) is 5.92 Å². The van der Waals surface area contributed by atoms with Gasteiger partial charge in [0.1, 0.15) is 9.84 Å². The molecule has 1 fully saturated rings. The average Bonchev–Trinajstić information content (AvgIpc) is 2.17. The molecule has 16 heavy (non-hydrogen) atoms. The maximum Gasteiger partial charge on any atom is 0.147 e. The SMILES string of the molecule is CC(O)(CCCS(C)(=O)=O)C1CCCCC1. The molecule has 0 aromatic carbocycles. The second kappa shape index (κ2) is 5.50. The summed E-state index contributed by atoms with van der Waals surface area (Å²) in [7, 11) is -2.89.